The zero-order valence-corrected chi connectivity index (χ0v) is 19.0. The highest BCUT2D eigenvalue weighted by Gasteiger charge is 2.56. The minimum absolute atomic E-state index is 0.00523. The molecule has 3 heterocycles. The van der Waals surface area contributed by atoms with Gasteiger partial charge in [-0.25, -0.2) is 0 Å². The first-order chi connectivity index (χ1) is 16.0. The number of carbonyl (C=O) groups excluding carboxylic acids is 4. The van der Waals surface area contributed by atoms with Gasteiger partial charge in [0.15, 0.2) is 30.9 Å². The number of fused-ring (bicyclic) bond motifs is 2. The van der Waals surface area contributed by atoms with Crippen LogP contribution in [-0.4, -0.2) is 109 Å². The number of carbonyl (C=O) groups is 4. The molecular formula is C20H28O14. The van der Waals surface area contributed by atoms with Crippen LogP contribution in [0.2, 0.25) is 0 Å². The molecule has 0 spiro atoms. The van der Waals surface area contributed by atoms with Crippen molar-refractivity contribution >= 4 is 23.9 Å². The van der Waals surface area contributed by atoms with E-state index >= 15 is 0 Å². The topological polar surface area (TPSA) is 183 Å². The van der Waals surface area contributed by atoms with E-state index in [4.69, 9.17) is 37.9 Å². The zero-order chi connectivity index (χ0) is 25.2. The van der Waals surface area contributed by atoms with E-state index in [1.807, 2.05) is 0 Å². The van der Waals surface area contributed by atoms with Crippen molar-refractivity contribution in [2.75, 3.05) is 13.2 Å². The summed E-state index contributed by atoms with van der Waals surface area (Å²) in [6, 6.07) is 0. The summed E-state index contributed by atoms with van der Waals surface area (Å²) in [5.74, 6) is -3.03. The summed E-state index contributed by atoms with van der Waals surface area (Å²) in [6.45, 7) is 3.99. The van der Waals surface area contributed by atoms with E-state index in [0.29, 0.717) is 0 Å². The van der Waals surface area contributed by atoms with E-state index in [-0.39, 0.29) is 6.61 Å². The second-order valence-electron chi connectivity index (χ2n) is 8.03. The molecule has 34 heavy (non-hydrogen) atoms. The third-order valence-electron chi connectivity index (χ3n) is 5.30. The van der Waals surface area contributed by atoms with Crippen LogP contribution in [0.5, 0.6) is 0 Å². The summed E-state index contributed by atoms with van der Waals surface area (Å²) in [7, 11) is 0. The number of rotatable bonds is 7. The Morgan fingerprint density at radius 2 is 1.35 bits per heavy atom. The summed E-state index contributed by atoms with van der Waals surface area (Å²) in [5.41, 5.74) is 0. The molecule has 3 rings (SSSR count). The summed E-state index contributed by atoms with van der Waals surface area (Å²) >= 11 is 0. The summed E-state index contributed by atoms with van der Waals surface area (Å²) in [5, 5.41) is 20.7. The molecule has 0 aromatic rings. The third kappa shape index (κ3) is 6.00. The van der Waals surface area contributed by atoms with Gasteiger partial charge >= 0.3 is 23.9 Å². The van der Waals surface area contributed by atoms with Gasteiger partial charge in [-0.2, -0.15) is 0 Å². The average molecular weight is 492 g/mol. The maximum absolute atomic E-state index is 11.9. The van der Waals surface area contributed by atoms with E-state index in [1.165, 1.54) is 0 Å². The van der Waals surface area contributed by atoms with Crippen molar-refractivity contribution in [2.24, 2.45) is 0 Å². The monoisotopic (exact) mass is 492 g/mol. The summed E-state index contributed by atoms with van der Waals surface area (Å²) in [4.78, 5) is 46.9. The molecule has 0 aliphatic carbocycles. The van der Waals surface area contributed by atoms with Gasteiger partial charge in [0.25, 0.3) is 0 Å². The van der Waals surface area contributed by atoms with Crippen LogP contribution in [0.25, 0.3) is 0 Å². The first-order valence-corrected chi connectivity index (χ1v) is 10.6. The SMILES string of the molecule is CC(=O)OC[C@H]1O[C@@H](O[C@H]2[C@H](O)[C@H](O)[C@@H]3OC[C@H]2O3)[C@H](OC(C)=O)[C@@H](OC(C)=O)[C@@H]1OC(C)=O. The van der Waals surface area contributed by atoms with E-state index in [0.717, 1.165) is 27.7 Å². The lowest BCUT2D eigenvalue weighted by atomic mass is 9.97. The largest absolute Gasteiger partial charge is 0.463 e. The molecule has 2 N–H and O–H groups in total. The lowest BCUT2D eigenvalue weighted by Crippen LogP contribution is -2.65. The molecule has 2 bridgehead atoms. The molecule has 3 aliphatic heterocycles. The highest BCUT2D eigenvalue weighted by atomic mass is 16.8. The third-order valence-corrected chi connectivity index (χ3v) is 5.30. The van der Waals surface area contributed by atoms with Gasteiger partial charge in [0.05, 0.1) is 6.61 Å². The molecule has 0 amide bonds. The molecule has 14 heteroatoms. The molecule has 14 nitrogen and oxygen atoms in total. The Balaban J connectivity index is 1.94. The van der Waals surface area contributed by atoms with Crippen molar-refractivity contribution < 1.29 is 67.3 Å². The fourth-order valence-electron chi connectivity index (χ4n) is 3.99. The molecule has 3 fully saturated rings. The van der Waals surface area contributed by atoms with Crippen molar-refractivity contribution in [3.05, 3.63) is 0 Å². The molecular weight excluding hydrogens is 464 g/mol. The standard InChI is InChI=1S/C20H28O14/c1-7(21)27-5-12-16(29-8(2)22)17(30-9(3)23)18(31-10(4)24)20(33-12)34-15-11-6-28-19(32-11)14(26)13(15)25/h11-20,25-26H,5-6H2,1-4H3/t11-,12-,13-,14+,15-,16-,17+,18-,19-,20+/m1/s1. The fraction of sp³-hybridized carbons (Fsp3) is 0.800. The van der Waals surface area contributed by atoms with Gasteiger partial charge in [-0.3, -0.25) is 19.2 Å². The Labute approximate surface area is 194 Å². The molecule has 0 radical (unpaired) electrons. The Morgan fingerprint density at radius 3 is 1.94 bits per heavy atom. The lowest BCUT2D eigenvalue weighted by Gasteiger charge is -2.46. The van der Waals surface area contributed by atoms with Gasteiger partial charge in [0, 0.05) is 27.7 Å². The Bertz CT molecular complexity index is 785. The van der Waals surface area contributed by atoms with E-state index in [9.17, 15) is 29.4 Å². The minimum Gasteiger partial charge on any atom is -0.463 e. The van der Waals surface area contributed by atoms with Gasteiger partial charge in [0.2, 0.25) is 0 Å². The van der Waals surface area contributed by atoms with E-state index in [2.05, 4.69) is 0 Å². The van der Waals surface area contributed by atoms with Crippen molar-refractivity contribution in [1.29, 1.82) is 0 Å². The maximum Gasteiger partial charge on any atom is 0.303 e. The number of esters is 4. The quantitative estimate of drug-likeness (QED) is 0.292. The van der Waals surface area contributed by atoms with E-state index in [1.54, 1.807) is 0 Å². The van der Waals surface area contributed by atoms with Crippen LogP contribution < -0.4 is 0 Å². The predicted molar refractivity (Wildman–Crippen MR) is 103 cm³/mol. The summed E-state index contributed by atoms with van der Waals surface area (Å²) < 4.78 is 43.3. The molecule has 0 unspecified atom stereocenters. The number of hydrogen-bond acceptors (Lipinski definition) is 14. The van der Waals surface area contributed by atoms with Gasteiger partial charge in [-0.1, -0.05) is 0 Å². The number of ether oxygens (including phenoxy) is 8. The average Bonchev–Trinajstić information content (AvgIpc) is 3.18. The van der Waals surface area contributed by atoms with Crippen molar-refractivity contribution in [2.45, 2.75) is 89.1 Å². The van der Waals surface area contributed by atoms with Crippen LogP contribution in [0.4, 0.5) is 0 Å². The molecule has 192 valence electrons. The molecule has 3 saturated heterocycles. The fourth-order valence-corrected chi connectivity index (χ4v) is 3.99. The molecule has 0 saturated carbocycles. The zero-order valence-electron chi connectivity index (χ0n) is 19.0. The summed E-state index contributed by atoms with van der Waals surface area (Å²) in [6.07, 6.45) is -12.9. The highest BCUT2D eigenvalue weighted by molar-refractivity contribution is 5.68. The predicted octanol–water partition coefficient (Wildman–Crippen LogP) is -2.07. The van der Waals surface area contributed by atoms with Crippen LogP contribution in [-0.2, 0) is 57.1 Å². The normalized spacial score (nSPS) is 39.1. The van der Waals surface area contributed by atoms with Crippen LogP contribution in [0.3, 0.4) is 0 Å². The van der Waals surface area contributed by atoms with Gasteiger partial charge in [0.1, 0.15) is 37.1 Å². The molecule has 0 aromatic heterocycles. The minimum atomic E-state index is -1.52. The first-order valence-electron chi connectivity index (χ1n) is 10.6. The van der Waals surface area contributed by atoms with Crippen LogP contribution in [0, 0.1) is 0 Å². The first kappa shape index (κ1) is 26.2. The van der Waals surface area contributed by atoms with Crippen LogP contribution >= 0.6 is 0 Å². The van der Waals surface area contributed by atoms with Crippen LogP contribution in [0.15, 0.2) is 0 Å². The van der Waals surface area contributed by atoms with Crippen LogP contribution in [0.1, 0.15) is 27.7 Å². The van der Waals surface area contributed by atoms with E-state index < -0.39 is 91.9 Å². The Kier molecular flexibility index (Phi) is 8.43. The molecule has 3 aliphatic rings. The van der Waals surface area contributed by atoms with Gasteiger partial charge < -0.3 is 48.1 Å². The molecule has 0 aromatic carbocycles. The van der Waals surface area contributed by atoms with Gasteiger partial charge in [-0.05, 0) is 0 Å². The maximum atomic E-state index is 11.9. The highest BCUT2D eigenvalue weighted by Crippen LogP contribution is 2.35. The van der Waals surface area contributed by atoms with Crippen molar-refractivity contribution in [3.63, 3.8) is 0 Å². The van der Waals surface area contributed by atoms with Crippen molar-refractivity contribution in [3.8, 4) is 0 Å². The Morgan fingerprint density at radius 1 is 0.765 bits per heavy atom. The lowest BCUT2D eigenvalue weighted by molar-refractivity contribution is -0.340. The smallest absolute Gasteiger partial charge is 0.303 e. The van der Waals surface area contributed by atoms with Crippen molar-refractivity contribution in [1.82, 2.24) is 0 Å². The Hall–Kier alpha value is -2.36. The van der Waals surface area contributed by atoms with Gasteiger partial charge in [-0.15, -0.1) is 0 Å². The number of hydrogen-bond donors (Lipinski definition) is 2. The number of aliphatic hydroxyl groups excluding tert-OH is 2. The number of aliphatic hydroxyl groups is 2. The second-order valence-corrected chi connectivity index (χ2v) is 8.03. The second kappa shape index (κ2) is 10.9. The molecule has 10 atom stereocenters.